The Labute approximate surface area is 129 Å². The van der Waals surface area contributed by atoms with Crippen LogP contribution >= 0.6 is 23.4 Å². The number of ether oxygens (including phenoxy) is 1. The number of benzene rings is 2. The number of halogens is 1. The first-order valence-electron chi connectivity index (χ1n) is 6.58. The van der Waals surface area contributed by atoms with Crippen LogP contribution in [0.3, 0.4) is 0 Å². The summed E-state index contributed by atoms with van der Waals surface area (Å²) >= 11 is 7.61. The number of rotatable bonds is 7. The lowest BCUT2D eigenvalue weighted by Crippen LogP contribution is -2.03. The van der Waals surface area contributed by atoms with Gasteiger partial charge < -0.3 is 10.5 Å². The molecule has 0 aliphatic rings. The molecule has 0 bridgehead atoms. The van der Waals surface area contributed by atoms with Crippen LogP contribution in [0.4, 0.5) is 0 Å². The molecule has 2 N–H and O–H groups in total. The highest BCUT2D eigenvalue weighted by Crippen LogP contribution is 2.20. The molecule has 0 heterocycles. The maximum atomic E-state index is 5.85. The Hall–Kier alpha value is -1.16. The molecule has 2 rings (SSSR count). The predicted octanol–water partition coefficient (Wildman–Crippen LogP) is 4.01. The maximum absolute atomic E-state index is 5.85. The maximum Gasteiger partial charge on any atom is 0.119 e. The van der Waals surface area contributed by atoms with Gasteiger partial charge in [-0.05, 0) is 54.9 Å². The summed E-state index contributed by atoms with van der Waals surface area (Å²) in [4.78, 5) is 1.20. The first-order valence-corrected chi connectivity index (χ1v) is 7.94. The van der Waals surface area contributed by atoms with E-state index >= 15 is 0 Å². The van der Waals surface area contributed by atoms with Crippen LogP contribution in [0.25, 0.3) is 0 Å². The third-order valence-electron chi connectivity index (χ3n) is 2.79. The third-order valence-corrected chi connectivity index (χ3v) is 4.02. The number of nitrogens with two attached hydrogens (primary N) is 1. The van der Waals surface area contributed by atoms with Crippen molar-refractivity contribution in [3.8, 4) is 5.75 Å². The van der Waals surface area contributed by atoms with Crippen molar-refractivity contribution in [2.24, 2.45) is 5.73 Å². The molecule has 0 saturated heterocycles. The molecule has 0 aromatic heterocycles. The number of hydrogen-bond acceptors (Lipinski definition) is 3. The average molecular weight is 308 g/mol. The largest absolute Gasteiger partial charge is 0.493 e. The summed E-state index contributed by atoms with van der Waals surface area (Å²) in [6.45, 7) is 1.36. The topological polar surface area (TPSA) is 35.2 Å². The van der Waals surface area contributed by atoms with Crippen LogP contribution in [0.2, 0.25) is 5.02 Å². The van der Waals surface area contributed by atoms with Gasteiger partial charge in [-0.1, -0.05) is 23.7 Å². The van der Waals surface area contributed by atoms with Gasteiger partial charge in [0.25, 0.3) is 0 Å². The van der Waals surface area contributed by atoms with Gasteiger partial charge in [-0.3, -0.25) is 0 Å². The van der Waals surface area contributed by atoms with Crippen LogP contribution in [0.5, 0.6) is 5.75 Å². The van der Waals surface area contributed by atoms with Gasteiger partial charge in [0.1, 0.15) is 5.75 Å². The van der Waals surface area contributed by atoms with Crippen molar-refractivity contribution >= 4 is 23.4 Å². The molecule has 2 aromatic rings. The fourth-order valence-electron chi connectivity index (χ4n) is 1.77. The lowest BCUT2D eigenvalue weighted by molar-refractivity contribution is 0.344. The highest BCUT2D eigenvalue weighted by Gasteiger charge is 1.97. The minimum Gasteiger partial charge on any atom is -0.493 e. The highest BCUT2D eigenvalue weighted by atomic mass is 35.5. The summed E-state index contributed by atoms with van der Waals surface area (Å²) in [6.07, 6.45) is 0.909. The molecular weight excluding hydrogens is 290 g/mol. The van der Waals surface area contributed by atoms with E-state index in [2.05, 4.69) is 12.1 Å². The molecule has 0 radical (unpaired) electrons. The molecule has 0 spiro atoms. The van der Waals surface area contributed by atoms with Gasteiger partial charge in [0.2, 0.25) is 0 Å². The van der Waals surface area contributed by atoms with Gasteiger partial charge in [0, 0.05) is 15.7 Å². The summed E-state index contributed by atoms with van der Waals surface area (Å²) in [5.74, 6) is 1.81. The van der Waals surface area contributed by atoms with Crippen LogP contribution in [0.1, 0.15) is 5.56 Å². The Morgan fingerprint density at radius 2 is 1.70 bits per heavy atom. The summed E-state index contributed by atoms with van der Waals surface area (Å²) in [7, 11) is 0. The minimum atomic E-state index is 0.679. The molecule has 2 nitrogen and oxygen atoms in total. The standard InChI is InChI=1S/C16H18ClNOS/c17-14-3-7-16(8-4-14)20-12-11-19-15-5-1-13(2-6-15)9-10-18/h1-8H,9-12,18H2. The van der Waals surface area contributed by atoms with Crippen molar-refractivity contribution in [1.82, 2.24) is 0 Å². The van der Waals surface area contributed by atoms with Crippen LogP contribution in [0.15, 0.2) is 53.4 Å². The van der Waals surface area contributed by atoms with Crippen molar-refractivity contribution in [1.29, 1.82) is 0 Å². The van der Waals surface area contributed by atoms with Crippen LogP contribution < -0.4 is 10.5 Å². The van der Waals surface area contributed by atoms with Gasteiger partial charge in [-0.2, -0.15) is 0 Å². The van der Waals surface area contributed by atoms with E-state index < -0.39 is 0 Å². The molecule has 0 aliphatic heterocycles. The zero-order valence-corrected chi connectivity index (χ0v) is 12.8. The van der Waals surface area contributed by atoms with Gasteiger partial charge in [-0.15, -0.1) is 11.8 Å². The Balaban J connectivity index is 1.71. The van der Waals surface area contributed by atoms with E-state index in [0.717, 1.165) is 22.9 Å². The Morgan fingerprint density at radius 1 is 1.00 bits per heavy atom. The fraction of sp³-hybridized carbons (Fsp3) is 0.250. The lowest BCUT2D eigenvalue weighted by atomic mass is 10.1. The Kier molecular flexibility index (Phi) is 6.25. The SMILES string of the molecule is NCCc1ccc(OCCSc2ccc(Cl)cc2)cc1. The van der Waals surface area contributed by atoms with Gasteiger partial charge in [0.15, 0.2) is 0 Å². The van der Waals surface area contributed by atoms with E-state index in [4.69, 9.17) is 22.1 Å². The molecule has 2 aromatic carbocycles. The number of thioether (sulfide) groups is 1. The second-order valence-corrected chi connectivity index (χ2v) is 5.94. The quantitative estimate of drug-likeness (QED) is 0.620. The van der Waals surface area contributed by atoms with Crippen LogP contribution in [0, 0.1) is 0 Å². The summed E-state index contributed by atoms with van der Waals surface area (Å²) in [5.41, 5.74) is 6.76. The number of hydrogen-bond donors (Lipinski definition) is 1. The van der Waals surface area contributed by atoms with E-state index in [1.54, 1.807) is 11.8 Å². The van der Waals surface area contributed by atoms with Crippen molar-refractivity contribution < 1.29 is 4.74 Å². The average Bonchev–Trinajstić information content (AvgIpc) is 2.47. The van der Waals surface area contributed by atoms with E-state index in [9.17, 15) is 0 Å². The second kappa shape index (κ2) is 8.20. The molecular formula is C16H18ClNOS. The second-order valence-electron chi connectivity index (χ2n) is 4.33. The molecule has 0 aliphatic carbocycles. The predicted molar refractivity (Wildman–Crippen MR) is 86.9 cm³/mol. The zero-order chi connectivity index (χ0) is 14.2. The Bertz CT molecular complexity index is 513. The third kappa shape index (κ3) is 5.08. The lowest BCUT2D eigenvalue weighted by Gasteiger charge is -2.07. The van der Waals surface area contributed by atoms with Crippen molar-refractivity contribution in [2.75, 3.05) is 18.9 Å². The first kappa shape index (κ1) is 15.2. The molecule has 20 heavy (non-hydrogen) atoms. The molecule has 0 saturated carbocycles. The fourth-order valence-corrected chi connectivity index (χ4v) is 2.63. The summed E-state index contributed by atoms with van der Waals surface area (Å²) in [5, 5.41) is 0.767. The minimum absolute atomic E-state index is 0.679. The zero-order valence-electron chi connectivity index (χ0n) is 11.2. The van der Waals surface area contributed by atoms with Gasteiger partial charge >= 0.3 is 0 Å². The summed E-state index contributed by atoms with van der Waals surface area (Å²) < 4.78 is 5.71. The molecule has 4 heteroatoms. The molecule has 0 atom stereocenters. The van der Waals surface area contributed by atoms with Crippen LogP contribution in [-0.4, -0.2) is 18.9 Å². The summed E-state index contributed by atoms with van der Waals surface area (Å²) in [6, 6.07) is 16.0. The van der Waals surface area contributed by atoms with Gasteiger partial charge in [-0.25, -0.2) is 0 Å². The highest BCUT2D eigenvalue weighted by molar-refractivity contribution is 7.99. The smallest absolute Gasteiger partial charge is 0.119 e. The van der Waals surface area contributed by atoms with E-state index in [0.29, 0.717) is 13.2 Å². The van der Waals surface area contributed by atoms with E-state index in [-0.39, 0.29) is 0 Å². The van der Waals surface area contributed by atoms with Crippen LogP contribution in [-0.2, 0) is 6.42 Å². The monoisotopic (exact) mass is 307 g/mol. The first-order chi connectivity index (χ1) is 9.78. The normalized spacial score (nSPS) is 10.5. The van der Waals surface area contributed by atoms with E-state index in [1.165, 1.54) is 10.5 Å². The van der Waals surface area contributed by atoms with Crippen molar-refractivity contribution in [3.05, 3.63) is 59.1 Å². The van der Waals surface area contributed by atoms with Gasteiger partial charge in [0.05, 0.1) is 6.61 Å². The molecule has 0 unspecified atom stereocenters. The molecule has 0 fully saturated rings. The molecule has 0 amide bonds. The van der Waals surface area contributed by atoms with Crippen molar-refractivity contribution in [2.45, 2.75) is 11.3 Å². The Morgan fingerprint density at radius 3 is 2.35 bits per heavy atom. The molecule has 106 valence electrons. The van der Waals surface area contributed by atoms with Crippen molar-refractivity contribution in [3.63, 3.8) is 0 Å². The van der Waals surface area contributed by atoms with E-state index in [1.807, 2.05) is 36.4 Å².